The molecule has 4 aliphatic rings. The molecule has 8 nitrogen and oxygen atoms in total. The Balaban J connectivity index is 1.20. The Kier molecular flexibility index (Phi) is 5.42. The van der Waals surface area contributed by atoms with Gasteiger partial charge in [-0.3, -0.25) is 4.79 Å². The molecule has 3 aliphatic heterocycles. The Morgan fingerprint density at radius 2 is 1.71 bits per heavy atom. The molecule has 4 fully saturated rings. The monoisotopic (exact) mass is 447 g/mol. The van der Waals surface area contributed by atoms with E-state index in [1.165, 1.54) is 4.31 Å². The largest absolute Gasteiger partial charge is 0.446 e. The van der Waals surface area contributed by atoms with E-state index in [2.05, 4.69) is 0 Å². The molecule has 0 N–H and O–H groups in total. The van der Waals surface area contributed by atoms with E-state index in [1.807, 2.05) is 4.90 Å². The minimum Gasteiger partial charge on any atom is -0.446 e. The van der Waals surface area contributed by atoms with Crippen LogP contribution in [0.3, 0.4) is 0 Å². The molecule has 3 saturated heterocycles. The molecule has 0 aromatic heterocycles. The van der Waals surface area contributed by atoms with E-state index >= 15 is 0 Å². The van der Waals surface area contributed by atoms with Gasteiger partial charge in [0.15, 0.2) is 0 Å². The van der Waals surface area contributed by atoms with Gasteiger partial charge >= 0.3 is 6.09 Å². The number of piperidine rings is 2. The summed E-state index contributed by atoms with van der Waals surface area (Å²) < 4.78 is 32.9. The van der Waals surface area contributed by atoms with E-state index in [1.54, 1.807) is 35.2 Å². The lowest BCUT2D eigenvalue weighted by atomic mass is 9.84. The van der Waals surface area contributed by atoms with Gasteiger partial charge in [0.25, 0.3) is 0 Å². The highest BCUT2D eigenvalue weighted by Crippen LogP contribution is 2.45. The smallest absolute Gasteiger partial charge is 0.410 e. The fourth-order valence-corrected chi connectivity index (χ4v) is 7.18. The molecule has 1 aromatic carbocycles. The van der Waals surface area contributed by atoms with Gasteiger partial charge in [0.1, 0.15) is 6.10 Å². The van der Waals surface area contributed by atoms with Crippen LogP contribution in [0.4, 0.5) is 4.79 Å². The molecule has 4 atom stereocenters. The predicted octanol–water partition coefficient (Wildman–Crippen LogP) is 1.92. The van der Waals surface area contributed by atoms with E-state index in [0.29, 0.717) is 19.5 Å². The van der Waals surface area contributed by atoms with Crippen LogP contribution < -0.4 is 0 Å². The van der Waals surface area contributed by atoms with Crippen LogP contribution in [0.15, 0.2) is 35.2 Å². The van der Waals surface area contributed by atoms with Crippen LogP contribution >= 0.6 is 0 Å². The van der Waals surface area contributed by atoms with Crippen molar-refractivity contribution in [1.82, 2.24) is 14.1 Å². The fraction of sp³-hybridized carbons (Fsp3) is 0.636. The maximum Gasteiger partial charge on any atom is 0.410 e. The number of hydrogen-bond acceptors (Lipinski definition) is 5. The molecule has 168 valence electrons. The molecule has 9 heteroatoms. The molecule has 1 saturated carbocycles. The summed E-state index contributed by atoms with van der Waals surface area (Å²) in [5.41, 5.74) is 0. The van der Waals surface area contributed by atoms with E-state index < -0.39 is 10.0 Å². The highest BCUT2D eigenvalue weighted by molar-refractivity contribution is 7.89. The summed E-state index contributed by atoms with van der Waals surface area (Å²) in [4.78, 5) is 29.5. The minimum atomic E-state index is -3.55. The average molecular weight is 448 g/mol. The van der Waals surface area contributed by atoms with Gasteiger partial charge < -0.3 is 14.5 Å². The van der Waals surface area contributed by atoms with Gasteiger partial charge in [0.2, 0.25) is 15.9 Å². The standard InChI is InChI=1S/C22H29N3O5S/c26-21-16-14-18(19-8-4-5-9-25(19)21)20(15-16)30-22(27)23-10-12-24(13-11-23)31(28,29)17-6-2-1-3-7-17/h1-3,6-7,16,18-20H,4-5,8-15H2/t16-,18-,19-,20-/m1/s1. The third-order valence-electron chi connectivity index (χ3n) is 7.36. The molecule has 0 spiro atoms. The molecule has 31 heavy (non-hydrogen) atoms. The Morgan fingerprint density at radius 1 is 0.968 bits per heavy atom. The molecule has 0 unspecified atom stereocenters. The van der Waals surface area contributed by atoms with Crippen LogP contribution in [0, 0.1) is 11.8 Å². The first-order chi connectivity index (χ1) is 14.9. The maximum atomic E-state index is 12.8. The number of sulfonamides is 1. The SMILES string of the molecule is O=C(O[C@@H]1C[C@H]2C[C@@H]1[C@H]1CCCCN1C2=O)N1CCN(S(=O)(=O)c2ccccc2)CC1. The van der Waals surface area contributed by atoms with Gasteiger partial charge in [0.05, 0.1) is 4.90 Å². The normalized spacial score (nSPS) is 31.4. The molecule has 1 aromatic rings. The number of nitrogens with zero attached hydrogens (tertiary/aromatic N) is 3. The van der Waals surface area contributed by atoms with Crippen LogP contribution in [0.25, 0.3) is 0 Å². The zero-order valence-corrected chi connectivity index (χ0v) is 18.4. The molecule has 5 rings (SSSR count). The number of fused-ring (bicyclic) bond motifs is 4. The van der Waals surface area contributed by atoms with E-state index in [0.717, 1.165) is 32.2 Å². The first-order valence-electron chi connectivity index (χ1n) is 11.3. The summed E-state index contributed by atoms with van der Waals surface area (Å²) in [6.07, 6.45) is 4.00. The summed E-state index contributed by atoms with van der Waals surface area (Å²) in [6, 6.07) is 8.57. The van der Waals surface area contributed by atoms with Gasteiger partial charge in [0, 0.05) is 50.6 Å². The van der Waals surface area contributed by atoms with Crippen molar-refractivity contribution in [1.29, 1.82) is 0 Å². The maximum absolute atomic E-state index is 12.8. The summed E-state index contributed by atoms with van der Waals surface area (Å²) in [6.45, 7) is 1.94. The summed E-state index contributed by atoms with van der Waals surface area (Å²) in [5, 5.41) is 0. The van der Waals surface area contributed by atoms with Crippen LogP contribution in [-0.4, -0.2) is 79.4 Å². The zero-order valence-electron chi connectivity index (χ0n) is 17.6. The number of benzene rings is 1. The second kappa shape index (κ2) is 8.09. The lowest BCUT2D eigenvalue weighted by Crippen LogP contribution is -2.53. The number of ether oxygens (including phenoxy) is 1. The van der Waals surface area contributed by atoms with Crippen molar-refractivity contribution in [2.75, 3.05) is 32.7 Å². The lowest BCUT2D eigenvalue weighted by molar-refractivity contribution is -0.143. The second-order valence-electron chi connectivity index (χ2n) is 9.05. The average Bonchev–Trinajstić information content (AvgIpc) is 3.18. The molecule has 2 amide bonds. The number of amides is 2. The van der Waals surface area contributed by atoms with Gasteiger partial charge in [-0.05, 0) is 44.2 Å². The quantitative estimate of drug-likeness (QED) is 0.707. The van der Waals surface area contributed by atoms with Gasteiger partial charge in [-0.25, -0.2) is 13.2 Å². The Labute approximate surface area is 183 Å². The minimum absolute atomic E-state index is 0.0231. The molecular weight excluding hydrogens is 418 g/mol. The third-order valence-corrected chi connectivity index (χ3v) is 9.27. The molecule has 1 aliphatic carbocycles. The topological polar surface area (TPSA) is 87.2 Å². The van der Waals surface area contributed by atoms with E-state index in [4.69, 9.17) is 4.74 Å². The van der Waals surface area contributed by atoms with Crippen molar-refractivity contribution < 1.29 is 22.7 Å². The van der Waals surface area contributed by atoms with Crippen molar-refractivity contribution in [3.05, 3.63) is 30.3 Å². The van der Waals surface area contributed by atoms with Crippen molar-refractivity contribution in [2.24, 2.45) is 11.8 Å². The molecule has 0 radical (unpaired) electrons. The van der Waals surface area contributed by atoms with Crippen molar-refractivity contribution in [2.45, 2.75) is 49.1 Å². The second-order valence-corrected chi connectivity index (χ2v) is 11.0. The highest BCUT2D eigenvalue weighted by Gasteiger charge is 2.52. The number of carbonyl (C=O) groups excluding carboxylic acids is 2. The predicted molar refractivity (Wildman–Crippen MR) is 113 cm³/mol. The third kappa shape index (κ3) is 3.71. The number of carbonyl (C=O) groups is 2. The lowest BCUT2D eigenvalue weighted by Gasteiger charge is -2.43. The van der Waals surface area contributed by atoms with Crippen LogP contribution in [0.2, 0.25) is 0 Å². The molecular formula is C22H29N3O5S. The Morgan fingerprint density at radius 3 is 2.45 bits per heavy atom. The van der Waals surface area contributed by atoms with Crippen LogP contribution in [-0.2, 0) is 19.6 Å². The van der Waals surface area contributed by atoms with Crippen LogP contribution in [0.5, 0.6) is 0 Å². The Bertz CT molecular complexity index is 945. The molecule has 2 bridgehead atoms. The van der Waals surface area contributed by atoms with E-state index in [9.17, 15) is 18.0 Å². The summed E-state index contributed by atoms with van der Waals surface area (Å²) >= 11 is 0. The number of rotatable bonds is 3. The molecule has 3 heterocycles. The van der Waals surface area contributed by atoms with Crippen molar-refractivity contribution >= 4 is 22.0 Å². The first-order valence-corrected chi connectivity index (χ1v) is 12.7. The highest BCUT2D eigenvalue weighted by atomic mass is 32.2. The van der Waals surface area contributed by atoms with Gasteiger partial charge in [-0.1, -0.05) is 18.2 Å². The van der Waals surface area contributed by atoms with Crippen molar-refractivity contribution in [3.8, 4) is 0 Å². The van der Waals surface area contributed by atoms with Crippen LogP contribution in [0.1, 0.15) is 32.1 Å². The zero-order chi connectivity index (χ0) is 21.6. The van der Waals surface area contributed by atoms with Crippen molar-refractivity contribution in [3.63, 3.8) is 0 Å². The number of piperazine rings is 1. The summed E-state index contributed by atoms with van der Waals surface area (Å²) in [5.74, 6) is 0.441. The summed E-state index contributed by atoms with van der Waals surface area (Å²) in [7, 11) is -3.55. The Hall–Kier alpha value is -2.13. The van der Waals surface area contributed by atoms with Gasteiger partial charge in [-0.2, -0.15) is 4.31 Å². The number of hydrogen-bond donors (Lipinski definition) is 0. The van der Waals surface area contributed by atoms with E-state index in [-0.39, 0.29) is 54.0 Å². The first kappa shape index (κ1) is 20.8. The van der Waals surface area contributed by atoms with Gasteiger partial charge in [-0.15, -0.1) is 0 Å². The fourth-order valence-electron chi connectivity index (χ4n) is 5.74.